The number of rotatable bonds is 4. The van der Waals surface area contributed by atoms with Gasteiger partial charge in [0.15, 0.2) is 0 Å². The molecular weight excluding hydrogens is 218 g/mol. The highest BCUT2D eigenvalue weighted by Gasteiger charge is 2.28. The highest BCUT2D eigenvalue weighted by atomic mass is 16.5. The number of hydrogen-bond acceptors (Lipinski definition) is 3. The lowest BCUT2D eigenvalue weighted by Gasteiger charge is -2.26. The lowest BCUT2D eigenvalue weighted by molar-refractivity contribution is -0.150. The van der Waals surface area contributed by atoms with Crippen molar-refractivity contribution in [3.05, 3.63) is 0 Å². The van der Waals surface area contributed by atoms with Crippen LogP contribution in [0.1, 0.15) is 47.0 Å². The van der Waals surface area contributed by atoms with Gasteiger partial charge < -0.3 is 10.1 Å². The fraction of sp³-hybridized carbons (Fsp3) is 0.846. The van der Waals surface area contributed by atoms with Gasteiger partial charge in [0.25, 0.3) is 0 Å². The van der Waals surface area contributed by atoms with E-state index in [1.807, 2.05) is 20.8 Å². The standard InChI is InChI=1S/C13H23NO3/c1-9(12(16)17-8-13(2,3)4)14-11(15)10-6-5-7-10/h9-10H,5-8H2,1-4H3,(H,14,15)/t9-/m1/s1. The Morgan fingerprint density at radius 2 is 1.94 bits per heavy atom. The Hall–Kier alpha value is -1.06. The summed E-state index contributed by atoms with van der Waals surface area (Å²) in [7, 11) is 0. The summed E-state index contributed by atoms with van der Waals surface area (Å²) < 4.78 is 5.15. The van der Waals surface area contributed by atoms with Crippen LogP contribution in [-0.4, -0.2) is 24.5 Å². The van der Waals surface area contributed by atoms with Crippen molar-refractivity contribution in [2.24, 2.45) is 11.3 Å². The van der Waals surface area contributed by atoms with Gasteiger partial charge in [-0.2, -0.15) is 0 Å². The minimum atomic E-state index is -0.551. The molecule has 1 rings (SSSR count). The molecule has 98 valence electrons. The van der Waals surface area contributed by atoms with Gasteiger partial charge >= 0.3 is 5.97 Å². The van der Waals surface area contributed by atoms with Gasteiger partial charge in [-0.3, -0.25) is 4.79 Å². The topological polar surface area (TPSA) is 55.4 Å². The van der Waals surface area contributed by atoms with Crippen LogP contribution in [0, 0.1) is 11.3 Å². The third kappa shape index (κ3) is 4.75. The molecule has 1 saturated carbocycles. The Balaban J connectivity index is 2.28. The SMILES string of the molecule is C[C@@H](NC(=O)C1CCC1)C(=O)OCC(C)(C)C. The van der Waals surface area contributed by atoms with E-state index < -0.39 is 6.04 Å². The van der Waals surface area contributed by atoms with E-state index in [2.05, 4.69) is 5.32 Å². The van der Waals surface area contributed by atoms with Crippen LogP contribution >= 0.6 is 0 Å². The average Bonchev–Trinajstić information content (AvgIpc) is 2.09. The zero-order valence-electron chi connectivity index (χ0n) is 11.2. The van der Waals surface area contributed by atoms with E-state index in [4.69, 9.17) is 4.74 Å². The van der Waals surface area contributed by atoms with Crippen LogP contribution in [0.3, 0.4) is 0 Å². The predicted octanol–water partition coefficient (Wildman–Crippen LogP) is 1.88. The van der Waals surface area contributed by atoms with Crippen molar-refractivity contribution in [1.82, 2.24) is 5.32 Å². The van der Waals surface area contributed by atoms with Crippen LogP contribution in [0.5, 0.6) is 0 Å². The molecule has 17 heavy (non-hydrogen) atoms. The van der Waals surface area contributed by atoms with Gasteiger partial charge in [0.2, 0.25) is 5.91 Å². The molecular formula is C13H23NO3. The molecule has 4 nitrogen and oxygen atoms in total. The molecule has 0 heterocycles. The summed E-state index contributed by atoms with van der Waals surface area (Å²) in [5, 5.41) is 2.70. The van der Waals surface area contributed by atoms with E-state index in [1.54, 1.807) is 6.92 Å². The molecule has 0 radical (unpaired) electrons. The van der Waals surface area contributed by atoms with Crippen molar-refractivity contribution in [2.45, 2.75) is 53.0 Å². The molecule has 1 aliphatic rings. The average molecular weight is 241 g/mol. The molecule has 0 bridgehead atoms. The zero-order chi connectivity index (χ0) is 13.1. The van der Waals surface area contributed by atoms with E-state index in [1.165, 1.54) is 0 Å². The molecule has 1 amide bonds. The van der Waals surface area contributed by atoms with Crippen molar-refractivity contribution in [3.63, 3.8) is 0 Å². The molecule has 1 fully saturated rings. The normalized spacial score (nSPS) is 18.1. The second-order valence-electron chi connectivity index (χ2n) is 6.03. The molecule has 0 aliphatic heterocycles. The summed E-state index contributed by atoms with van der Waals surface area (Å²) in [4.78, 5) is 23.2. The minimum absolute atomic E-state index is 0.0172. The van der Waals surface area contributed by atoms with Crippen LogP contribution in [0.25, 0.3) is 0 Å². The van der Waals surface area contributed by atoms with Crippen LogP contribution in [0.15, 0.2) is 0 Å². The van der Waals surface area contributed by atoms with Crippen molar-refractivity contribution in [3.8, 4) is 0 Å². The molecule has 0 aromatic rings. The molecule has 0 aromatic heterocycles. The molecule has 0 unspecified atom stereocenters. The van der Waals surface area contributed by atoms with Crippen molar-refractivity contribution in [2.75, 3.05) is 6.61 Å². The van der Waals surface area contributed by atoms with E-state index in [0.717, 1.165) is 19.3 Å². The number of ether oxygens (including phenoxy) is 1. The van der Waals surface area contributed by atoms with Crippen LogP contribution in [-0.2, 0) is 14.3 Å². The first kappa shape index (κ1) is 14.0. The smallest absolute Gasteiger partial charge is 0.328 e. The molecule has 0 spiro atoms. The lowest BCUT2D eigenvalue weighted by atomic mass is 9.84. The summed E-state index contributed by atoms with van der Waals surface area (Å²) in [6, 6.07) is -0.551. The molecule has 1 N–H and O–H groups in total. The maximum atomic E-state index is 11.6. The largest absolute Gasteiger partial charge is 0.464 e. The fourth-order valence-corrected chi connectivity index (χ4v) is 1.47. The molecule has 1 atom stereocenters. The number of amides is 1. The number of nitrogens with one attached hydrogen (secondary N) is 1. The number of esters is 1. The van der Waals surface area contributed by atoms with Gasteiger partial charge in [-0.15, -0.1) is 0 Å². The van der Waals surface area contributed by atoms with Gasteiger partial charge in [0, 0.05) is 5.92 Å². The van der Waals surface area contributed by atoms with E-state index >= 15 is 0 Å². The second-order valence-corrected chi connectivity index (χ2v) is 6.03. The Kier molecular flexibility index (Phi) is 4.54. The Bertz CT molecular complexity index is 290. The molecule has 0 aromatic carbocycles. The van der Waals surface area contributed by atoms with Gasteiger partial charge in [0.05, 0.1) is 6.61 Å². The summed E-state index contributed by atoms with van der Waals surface area (Å²) in [5.41, 5.74) is -0.0483. The maximum Gasteiger partial charge on any atom is 0.328 e. The van der Waals surface area contributed by atoms with Gasteiger partial charge in [-0.25, -0.2) is 4.79 Å². The van der Waals surface area contributed by atoms with E-state index in [9.17, 15) is 9.59 Å². The Morgan fingerprint density at radius 1 is 1.35 bits per heavy atom. The van der Waals surface area contributed by atoms with Gasteiger partial charge in [-0.05, 0) is 25.2 Å². The highest BCUT2D eigenvalue weighted by molar-refractivity contribution is 5.85. The van der Waals surface area contributed by atoms with Crippen molar-refractivity contribution < 1.29 is 14.3 Å². The highest BCUT2D eigenvalue weighted by Crippen LogP contribution is 2.26. The fourth-order valence-electron chi connectivity index (χ4n) is 1.47. The quantitative estimate of drug-likeness (QED) is 0.765. The summed E-state index contributed by atoms with van der Waals surface area (Å²) in [5.74, 6) is -0.267. The van der Waals surface area contributed by atoms with E-state index in [-0.39, 0.29) is 23.2 Å². The molecule has 0 saturated heterocycles. The molecule has 4 heteroatoms. The summed E-state index contributed by atoms with van der Waals surface area (Å²) >= 11 is 0. The first-order chi connectivity index (χ1) is 7.79. The number of carbonyl (C=O) groups excluding carboxylic acids is 2. The Labute approximate surface area is 103 Å². The maximum absolute atomic E-state index is 11.6. The zero-order valence-corrected chi connectivity index (χ0v) is 11.2. The summed E-state index contributed by atoms with van der Waals surface area (Å²) in [6.07, 6.45) is 2.99. The predicted molar refractivity (Wildman–Crippen MR) is 65.4 cm³/mol. The van der Waals surface area contributed by atoms with Gasteiger partial charge in [0.1, 0.15) is 6.04 Å². The van der Waals surface area contributed by atoms with Gasteiger partial charge in [-0.1, -0.05) is 27.2 Å². The van der Waals surface area contributed by atoms with E-state index in [0.29, 0.717) is 6.61 Å². The second kappa shape index (κ2) is 5.52. The van der Waals surface area contributed by atoms with Crippen molar-refractivity contribution in [1.29, 1.82) is 0 Å². The Morgan fingerprint density at radius 3 is 2.35 bits per heavy atom. The number of carbonyl (C=O) groups is 2. The third-order valence-electron chi connectivity index (χ3n) is 2.84. The van der Waals surface area contributed by atoms with Crippen molar-refractivity contribution >= 4 is 11.9 Å². The monoisotopic (exact) mass is 241 g/mol. The van der Waals surface area contributed by atoms with Crippen LogP contribution < -0.4 is 5.32 Å². The minimum Gasteiger partial charge on any atom is -0.464 e. The third-order valence-corrected chi connectivity index (χ3v) is 2.84. The van der Waals surface area contributed by atoms with Crippen LogP contribution in [0.2, 0.25) is 0 Å². The molecule has 1 aliphatic carbocycles. The van der Waals surface area contributed by atoms with Crippen LogP contribution in [0.4, 0.5) is 0 Å². The summed E-state index contributed by atoms with van der Waals surface area (Å²) in [6.45, 7) is 8.03. The first-order valence-corrected chi connectivity index (χ1v) is 6.26. The lowest BCUT2D eigenvalue weighted by Crippen LogP contribution is -2.44. The first-order valence-electron chi connectivity index (χ1n) is 6.26. The number of hydrogen-bond donors (Lipinski definition) is 1.